The molecular formula is C14H17F2N3O. The van der Waals surface area contributed by atoms with E-state index in [1.54, 1.807) is 4.57 Å². The van der Waals surface area contributed by atoms with Crippen molar-refractivity contribution in [2.45, 2.75) is 33.4 Å². The largest absolute Gasteiger partial charge is 0.388 e. The average Bonchev–Trinajstić information content (AvgIpc) is 2.75. The van der Waals surface area contributed by atoms with E-state index in [1.807, 2.05) is 13.8 Å². The first-order chi connectivity index (χ1) is 9.52. The minimum absolute atomic E-state index is 0.0121. The van der Waals surface area contributed by atoms with Gasteiger partial charge in [-0.05, 0) is 18.1 Å². The first kappa shape index (κ1) is 14.6. The van der Waals surface area contributed by atoms with E-state index in [0.717, 1.165) is 0 Å². The molecule has 1 N–H and O–H groups in total. The molecule has 108 valence electrons. The van der Waals surface area contributed by atoms with Crippen molar-refractivity contribution in [1.29, 1.82) is 0 Å². The molecule has 1 aromatic heterocycles. The molecule has 20 heavy (non-hydrogen) atoms. The minimum atomic E-state index is -0.602. The molecule has 0 atom stereocenters. The van der Waals surface area contributed by atoms with Crippen molar-refractivity contribution in [3.8, 4) is 0 Å². The molecule has 0 saturated carbocycles. The van der Waals surface area contributed by atoms with Gasteiger partial charge in [-0.25, -0.2) is 8.78 Å². The van der Waals surface area contributed by atoms with Crippen molar-refractivity contribution < 1.29 is 13.9 Å². The van der Waals surface area contributed by atoms with Crippen LogP contribution in [0.2, 0.25) is 0 Å². The highest BCUT2D eigenvalue weighted by Gasteiger charge is 2.17. The van der Waals surface area contributed by atoms with Gasteiger partial charge in [0, 0.05) is 18.5 Å². The van der Waals surface area contributed by atoms with Crippen molar-refractivity contribution in [3.63, 3.8) is 0 Å². The number of aliphatic hydroxyl groups is 1. The zero-order chi connectivity index (χ0) is 14.7. The molecule has 0 fully saturated rings. The summed E-state index contributed by atoms with van der Waals surface area (Å²) in [5.41, 5.74) is -0.0330. The quantitative estimate of drug-likeness (QED) is 0.915. The van der Waals surface area contributed by atoms with E-state index in [4.69, 9.17) is 0 Å². The first-order valence-electron chi connectivity index (χ1n) is 6.47. The molecule has 1 heterocycles. The van der Waals surface area contributed by atoms with Crippen LogP contribution < -0.4 is 0 Å². The second kappa shape index (κ2) is 6.09. The highest BCUT2D eigenvalue weighted by molar-refractivity contribution is 5.23. The van der Waals surface area contributed by atoms with Gasteiger partial charge in [0.15, 0.2) is 5.82 Å². The Hall–Kier alpha value is -1.82. The molecule has 0 spiro atoms. The lowest BCUT2D eigenvalue weighted by Crippen LogP contribution is -2.13. The fraction of sp³-hybridized carbons (Fsp3) is 0.429. The summed E-state index contributed by atoms with van der Waals surface area (Å²) in [5, 5.41) is 17.0. The maximum Gasteiger partial charge on any atom is 0.158 e. The Balaban J connectivity index is 2.36. The molecule has 0 aliphatic carbocycles. The zero-order valence-electron chi connectivity index (χ0n) is 11.5. The van der Waals surface area contributed by atoms with E-state index in [2.05, 4.69) is 10.2 Å². The van der Waals surface area contributed by atoms with Gasteiger partial charge in [-0.15, -0.1) is 10.2 Å². The molecule has 0 aliphatic rings. The molecule has 1 aromatic carbocycles. The highest BCUT2D eigenvalue weighted by atomic mass is 19.1. The normalized spacial score (nSPS) is 11.3. The Labute approximate surface area is 116 Å². The number of hydrogen-bond acceptors (Lipinski definition) is 3. The first-order valence-corrected chi connectivity index (χ1v) is 6.47. The lowest BCUT2D eigenvalue weighted by Gasteiger charge is -2.12. The monoisotopic (exact) mass is 281 g/mol. The van der Waals surface area contributed by atoms with Crippen LogP contribution in [-0.2, 0) is 19.6 Å². The molecule has 0 amide bonds. The Morgan fingerprint density at radius 3 is 2.30 bits per heavy atom. The van der Waals surface area contributed by atoms with Gasteiger partial charge in [-0.3, -0.25) is 0 Å². The number of benzene rings is 1. The topological polar surface area (TPSA) is 50.9 Å². The summed E-state index contributed by atoms with van der Waals surface area (Å²) in [6.45, 7) is 4.36. The van der Waals surface area contributed by atoms with Gasteiger partial charge in [-0.1, -0.05) is 19.9 Å². The summed E-state index contributed by atoms with van der Waals surface area (Å²) in [6, 6.07) is 3.76. The van der Waals surface area contributed by atoms with Crippen LogP contribution in [0, 0.1) is 17.6 Å². The number of aliphatic hydroxyl groups excluding tert-OH is 1. The van der Waals surface area contributed by atoms with E-state index in [0.29, 0.717) is 24.1 Å². The third-order valence-electron chi connectivity index (χ3n) is 2.99. The predicted octanol–water partition coefficient (Wildman–Crippen LogP) is 2.30. The number of nitrogens with zero attached hydrogens (tertiary/aromatic N) is 3. The number of rotatable bonds is 5. The molecule has 4 nitrogen and oxygen atoms in total. The molecule has 0 aliphatic heterocycles. The Morgan fingerprint density at radius 2 is 1.75 bits per heavy atom. The third-order valence-corrected chi connectivity index (χ3v) is 2.99. The Kier molecular flexibility index (Phi) is 4.44. The van der Waals surface area contributed by atoms with E-state index in [1.165, 1.54) is 18.2 Å². The lowest BCUT2D eigenvalue weighted by molar-refractivity contribution is 0.261. The number of hydrogen-bond donors (Lipinski definition) is 1. The maximum absolute atomic E-state index is 13.7. The maximum atomic E-state index is 13.7. The SMILES string of the molecule is CC(C)Cn1c(CO)nnc1Cc1c(F)cccc1F. The average molecular weight is 281 g/mol. The zero-order valence-corrected chi connectivity index (χ0v) is 11.5. The van der Waals surface area contributed by atoms with Gasteiger partial charge in [0.25, 0.3) is 0 Å². The molecule has 6 heteroatoms. The molecule has 0 unspecified atom stereocenters. The van der Waals surface area contributed by atoms with Crippen LogP contribution in [0.4, 0.5) is 8.78 Å². The number of aromatic nitrogens is 3. The highest BCUT2D eigenvalue weighted by Crippen LogP contribution is 2.17. The Bertz CT molecular complexity index is 576. The second-order valence-electron chi connectivity index (χ2n) is 5.07. The van der Waals surface area contributed by atoms with E-state index in [-0.39, 0.29) is 18.6 Å². The summed E-state index contributed by atoms with van der Waals surface area (Å²) in [4.78, 5) is 0. The minimum Gasteiger partial charge on any atom is -0.388 e. The van der Waals surface area contributed by atoms with Crippen molar-refractivity contribution in [2.24, 2.45) is 5.92 Å². The molecule has 2 aromatic rings. The number of halogens is 2. The van der Waals surface area contributed by atoms with Crippen molar-refractivity contribution >= 4 is 0 Å². The van der Waals surface area contributed by atoms with Gasteiger partial charge in [-0.2, -0.15) is 0 Å². The smallest absolute Gasteiger partial charge is 0.158 e. The van der Waals surface area contributed by atoms with Gasteiger partial charge in [0.1, 0.15) is 24.1 Å². The van der Waals surface area contributed by atoms with Crippen LogP contribution in [0.1, 0.15) is 31.1 Å². The van der Waals surface area contributed by atoms with Crippen LogP contribution in [0.15, 0.2) is 18.2 Å². The fourth-order valence-corrected chi connectivity index (χ4v) is 2.06. The van der Waals surface area contributed by atoms with E-state index in [9.17, 15) is 13.9 Å². The summed E-state index contributed by atoms with van der Waals surface area (Å²) in [7, 11) is 0. The van der Waals surface area contributed by atoms with Crippen LogP contribution in [0.5, 0.6) is 0 Å². The van der Waals surface area contributed by atoms with Gasteiger partial charge >= 0.3 is 0 Å². The molecule has 0 saturated heterocycles. The van der Waals surface area contributed by atoms with Crippen molar-refractivity contribution in [2.75, 3.05) is 0 Å². The fourth-order valence-electron chi connectivity index (χ4n) is 2.06. The van der Waals surface area contributed by atoms with Crippen molar-refractivity contribution in [1.82, 2.24) is 14.8 Å². The summed E-state index contributed by atoms with van der Waals surface area (Å²) < 4.78 is 29.1. The predicted molar refractivity (Wildman–Crippen MR) is 69.9 cm³/mol. The third kappa shape index (κ3) is 3.01. The summed E-state index contributed by atoms with van der Waals surface area (Å²) in [6.07, 6.45) is 0.0121. The van der Waals surface area contributed by atoms with Gasteiger partial charge in [0.05, 0.1) is 0 Å². The van der Waals surface area contributed by atoms with Crippen LogP contribution in [0.25, 0.3) is 0 Å². The van der Waals surface area contributed by atoms with E-state index < -0.39 is 11.6 Å². The molecule has 2 rings (SSSR count). The Morgan fingerprint density at radius 1 is 1.15 bits per heavy atom. The lowest BCUT2D eigenvalue weighted by atomic mass is 10.1. The second-order valence-corrected chi connectivity index (χ2v) is 5.07. The van der Waals surface area contributed by atoms with Crippen LogP contribution in [0.3, 0.4) is 0 Å². The van der Waals surface area contributed by atoms with Crippen molar-refractivity contribution in [3.05, 3.63) is 47.0 Å². The summed E-state index contributed by atoms with van der Waals surface area (Å²) in [5.74, 6) is -0.0398. The molecule has 0 bridgehead atoms. The van der Waals surface area contributed by atoms with E-state index >= 15 is 0 Å². The van der Waals surface area contributed by atoms with Crippen LogP contribution >= 0.6 is 0 Å². The van der Waals surface area contributed by atoms with Crippen LogP contribution in [-0.4, -0.2) is 19.9 Å². The molecule has 0 radical (unpaired) electrons. The summed E-state index contributed by atoms with van der Waals surface area (Å²) >= 11 is 0. The van der Waals surface area contributed by atoms with Gasteiger partial charge in [0.2, 0.25) is 0 Å². The van der Waals surface area contributed by atoms with Gasteiger partial charge < -0.3 is 9.67 Å². The standard InChI is InChI=1S/C14H17F2N3O/c1-9(2)7-19-13(17-18-14(19)8-20)6-10-11(15)4-3-5-12(10)16/h3-5,9,20H,6-8H2,1-2H3. The molecular weight excluding hydrogens is 264 g/mol.